The number of amides is 8. The summed E-state index contributed by atoms with van der Waals surface area (Å²) in [6.07, 6.45) is 1.54. The van der Waals surface area contributed by atoms with Crippen LogP contribution in [0.4, 0.5) is 0 Å². The van der Waals surface area contributed by atoms with Crippen LogP contribution < -0.4 is 59.7 Å². The molecular formula is C41H74N12O12S. The van der Waals surface area contributed by atoms with Crippen molar-refractivity contribution < 1.29 is 58.2 Å². The minimum atomic E-state index is -1.52. The molecule has 0 unspecified atom stereocenters. The molecule has 16 N–H and O–H groups in total. The van der Waals surface area contributed by atoms with Crippen LogP contribution in [0.15, 0.2) is 4.99 Å². The number of carboxylic acid groups (broad SMARTS) is 2. The fourth-order valence-electron chi connectivity index (χ4n) is 6.19. The Hall–Kier alpha value is -5.72. The molecule has 66 heavy (non-hydrogen) atoms. The minimum absolute atomic E-state index is 0.00862. The summed E-state index contributed by atoms with van der Waals surface area (Å²) in [5.74, 6) is -8.81. The lowest BCUT2D eigenvalue weighted by Gasteiger charge is -2.26. The monoisotopic (exact) mass is 959 g/mol. The number of nitrogens with one attached hydrogen (secondary N) is 8. The van der Waals surface area contributed by atoms with Gasteiger partial charge in [-0.15, -0.1) is 0 Å². The third-order valence-corrected chi connectivity index (χ3v) is 10.1. The fourth-order valence-corrected chi connectivity index (χ4v) is 6.67. The molecule has 0 heterocycles. The summed E-state index contributed by atoms with van der Waals surface area (Å²) in [7, 11) is 0. The maximum atomic E-state index is 13.7. The Morgan fingerprint density at radius 2 is 0.985 bits per heavy atom. The first-order valence-corrected chi connectivity index (χ1v) is 23.3. The van der Waals surface area contributed by atoms with Crippen LogP contribution in [-0.4, -0.2) is 149 Å². The first-order chi connectivity index (χ1) is 30.8. The molecule has 0 aromatic rings. The predicted molar refractivity (Wildman–Crippen MR) is 247 cm³/mol. The largest absolute Gasteiger partial charge is 0.481 e. The molecule has 7 atom stereocenters. The van der Waals surface area contributed by atoms with Crippen molar-refractivity contribution in [2.24, 2.45) is 39.9 Å². The van der Waals surface area contributed by atoms with E-state index >= 15 is 0 Å². The average Bonchev–Trinajstić information content (AvgIpc) is 3.21. The van der Waals surface area contributed by atoms with Gasteiger partial charge in [0.15, 0.2) is 5.96 Å². The number of guanidine groups is 1. The highest BCUT2D eigenvalue weighted by molar-refractivity contribution is 7.98. The van der Waals surface area contributed by atoms with Crippen LogP contribution in [-0.2, 0) is 47.9 Å². The lowest BCUT2D eigenvalue weighted by Crippen LogP contribution is -2.58. The quantitative estimate of drug-likeness (QED) is 0.0182. The van der Waals surface area contributed by atoms with Crippen LogP contribution in [0.5, 0.6) is 0 Å². The van der Waals surface area contributed by atoms with Crippen molar-refractivity contribution in [2.75, 3.05) is 31.6 Å². The van der Waals surface area contributed by atoms with Crippen LogP contribution in [0.1, 0.15) is 99.8 Å². The molecule has 0 spiro atoms. The summed E-state index contributed by atoms with van der Waals surface area (Å²) in [5.41, 5.74) is 16.2. The maximum absolute atomic E-state index is 13.7. The van der Waals surface area contributed by atoms with Gasteiger partial charge in [0.05, 0.1) is 13.1 Å². The molecule has 0 radical (unpaired) electrons. The zero-order valence-electron chi connectivity index (χ0n) is 39.3. The van der Waals surface area contributed by atoms with Crippen molar-refractivity contribution in [1.82, 2.24) is 42.5 Å². The number of thioether (sulfide) groups is 1. The van der Waals surface area contributed by atoms with Crippen LogP contribution in [0, 0.1) is 17.8 Å². The van der Waals surface area contributed by atoms with Gasteiger partial charge >= 0.3 is 11.9 Å². The third kappa shape index (κ3) is 26.3. The van der Waals surface area contributed by atoms with Crippen molar-refractivity contribution in [3.05, 3.63) is 0 Å². The van der Waals surface area contributed by atoms with Gasteiger partial charge in [-0.2, -0.15) is 11.8 Å². The van der Waals surface area contributed by atoms with E-state index in [2.05, 4.69) is 47.5 Å². The Morgan fingerprint density at radius 3 is 1.48 bits per heavy atom. The van der Waals surface area contributed by atoms with E-state index in [1.165, 1.54) is 18.7 Å². The Bertz CT molecular complexity index is 1680. The number of carbonyl (C=O) groups is 10. The maximum Gasteiger partial charge on any atom is 0.326 e. The normalized spacial score (nSPS) is 14.2. The number of rotatable bonds is 33. The molecule has 25 heteroatoms. The summed E-state index contributed by atoms with van der Waals surface area (Å²) >= 11 is 1.38. The van der Waals surface area contributed by atoms with Gasteiger partial charge in [-0.3, -0.25) is 48.1 Å². The topological polar surface area (TPSA) is 398 Å². The highest BCUT2D eigenvalue weighted by Crippen LogP contribution is 2.11. The second-order valence-electron chi connectivity index (χ2n) is 17.0. The minimum Gasteiger partial charge on any atom is -0.481 e. The number of hydrogen-bond donors (Lipinski definition) is 13. The second kappa shape index (κ2) is 32.0. The molecule has 376 valence electrons. The second-order valence-corrected chi connectivity index (χ2v) is 18.0. The molecule has 0 saturated carbocycles. The molecule has 0 aromatic carbocycles. The lowest BCUT2D eigenvalue weighted by molar-refractivity contribution is -0.143. The summed E-state index contributed by atoms with van der Waals surface area (Å²) in [4.78, 5) is 133. The fraction of sp³-hybridized carbons (Fsp3) is 0.732. The van der Waals surface area contributed by atoms with Crippen molar-refractivity contribution >= 4 is 76.9 Å². The van der Waals surface area contributed by atoms with Crippen molar-refractivity contribution in [2.45, 2.75) is 142 Å². The number of aliphatic imine (C=N–C) groups is 1. The number of nitrogens with zero attached hydrogens (tertiary/aromatic N) is 1. The SMILES string of the molecule is CSCC[C@H](NC(=O)[C@H](CCCN=C(N)N)NC(=O)[C@H](C)NC(=O)[C@H](CCC(=O)O)NC(=O)CNC(=O)[C@H](CC(C)C)NC(=O)[C@H](CC(C)C)NC(=O)CN)C(=O)N[C@@H](CC(C)C)C(=O)O. The van der Waals surface area contributed by atoms with E-state index in [0.29, 0.717) is 5.75 Å². The molecule has 0 rings (SSSR count). The van der Waals surface area contributed by atoms with E-state index in [1.807, 2.05) is 13.8 Å². The van der Waals surface area contributed by atoms with Gasteiger partial charge in [0.1, 0.15) is 42.3 Å². The van der Waals surface area contributed by atoms with E-state index in [4.69, 9.17) is 17.2 Å². The zero-order chi connectivity index (χ0) is 50.7. The molecule has 0 aromatic heterocycles. The predicted octanol–water partition coefficient (Wildman–Crippen LogP) is -2.63. The van der Waals surface area contributed by atoms with Crippen molar-refractivity contribution in [3.63, 3.8) is 0 Å². The standard InChI is InChI=1S/C41H74N12O12S/c1-21(2)16-28(52-39(63)29(17-22(3)4)49-31(54)19-42)35(59)46-20-32(55)48-26(11-12-33(56)57)36(60)47-24(7)34(58)50-25(10-9-14-45-41(43)44)37(61)51-27(13-15-66-8)38(62)53-30(40(64)65)18-23(5)6/h21-30H,9-20,42H2,1-8H3,(H,46,59)(H,47,60)(H,48,55)(H,49,54)(H,50,58)(H,51,61)(H,52,63)(H,53,62)(H,56,57)(H,64,65)(H4,43,44,45)/t24-,25-,26-,27-,28-,29-,30-/m0/s1. The van der Waals surface area contributed by atoms with Gasteiger partial charge in [0.2, 0.25) is 47.3 Å². The van der Waals surface area contributed by atoms with Crippen molar-refractivity contribution in [1.29, 1.82) is 0 Å². The van der Waals surface area contributed by atoms with E-state index < -0.39 is 121 Å². The van der Waals surface area contributed by atoms with Crippen LogP contribution in [0.2, 0.25) is 0 Å². The Kier molecular flexibility index (Phi) is 29.3. The smallest absolute Gasteiger partial charge is 0.326 e. The molecule has 0 aliphatic carbocycles. The lowest BCUT2D eigenvalue weighted by atomic mass is 10.00. The highest BCUT2D eigenvalue weighted by atomic mass is 32.2. The van der Waals surface area contributed by atoms with Gasteiger partial charge < -0.3 is 69.9 Å². The van der Waals surface area contributed by atoms with E-state index in [1.54, 1.807) is 34.0 Å². The molecule has 0 aliphatic heterocycles. The van der Waals surface area contributed by atoms with Crippen LogP contribution in [0.3, 0.4) is 0 Å². The van der Waals surface area contributed by atoms with E-state index in [9.17, 15) is 58.2 Å². The summed E-state index contributed by atoms with van der Waals surface area (Å²) in [6.45, 7) is 11.1. The molecular weight excluding hydrogens is 885 g/mol. The average molecular weight is 959 g/mol. The zero-order valence-corrected chi connectivity index (χ0v) is 40.1. The number of nitrogens with two attached hydrogens (primary N) is 3. The number of hydrogen-bond acceptors (Lipinski definition) is 13. The molecule has 8 amide bonds. The molecule has 0 aliphatic rings. The van der Waals surface area contributed by atoms with E-state index in [0.717, 1.165) is 0 Å². The number of aliphatic carboxylic acids is 2. The third-order valence-electron chi connectivity index (χ3n) is 9.50. The van der Waals surface area contributed by atoms with Gasteiger partial charge in [-0.25, -0.2) is 4.79 Å². The van der Waals surface area contributed by atoms with Gasteiger partial charge in [-0.05, 0) is 81.6 Å². The first kappa shape index (κ1) is 60.3. The Labute approximate surface area is 390 Å². The van der Waals surface area contributed by atoms with E-state index in [-0.39, 0.29) is 75.3 Å². The Morgan fingerprint density at radius 1 is 0.545 bits per heavy atom. The number of carboxylic acids is 2. The van der Waals surface area contributed by atoms with Crippen molar-refractivity contribution in [3.8, 4) is 0 Å². The van der Waals surface area contributed by atoms with Gasteiger partial charge in [-0.1, -0.05) is 41.5 Å². The Balaban J connectivity index is 6.11. The van der Waals surface area contributed by atoms with Gasteiger partial charge in [0.25, 0.3) is 0 Å². The summed E-state index contributed by atoms with van der Waals surface area (Å²) in [6, 6.07) is -8.74. The van der Waals surface area contributed by atoms with Crippen LogP contribution in [0.25, 0.3) is 0 Å². The molecule has 0 fully saturated rings. The molecule has 0 saturated heterocycles. The molecule has 0 bridgehead atoms. The highest BCUT2D eigenvalue weighted by Gasteiger charge is 2.33. The van der Waals surface area contributed by atoms with Crippen LogP contribution >= 0.6 is 11.8 Å². The number of carbonyl (C=O) groups excluding carboxylic acids is 8. The summed E-state index contributed by atoms with van der Waals surface area (Å²) in [5, 5.41) is 39.0. The molecule has 24 nitrogen and oxygen atoms in total. The van der Waals surface area contributed by atoms with Gasteiger partial charge in [0, 0.05) is 13.0 Å². The summed E-state index contributed by atoms with van der Waals surface area (Å²) < 4.78 is 0. The first-order valence-electron chi connectivity index (χ1n) is 21.9.